The maximum atomic E-state index is 5.48. The van der Waals surface area contributed by atoms with Crippen molar-refractivity contribution in [2.75, 3.05) is 46.7 Å². The second-order valence-corrected chi connectivity index (χ2v) is 5.11. The first kappa shape index (κ1) is 16.1. The minimum absolute atomic E-state index is 0.279. The zero-order chi connectivity index (χ0) is 15.1. The Labute approximate surface area is 127 Å². The summed E-state index contributed by atoms with van der Waals surface area (Å²) in [6.45, 7) is 9.22. The van der Waals surface area contributed by atoms with E-state index >= 15 is 0 Å². The molecule has 0 amide bonds. The molecule has 0 aliphatic carbocycles. The van der Waals surface area contributed by atoms with Crippen LogP contribution in [0.2, 0.25) is 0 Å². The van der Waals surface area contributed by atoms with E-state index in [1.54, 1.807) is 7.11 Å². The number of fused-ring (bicyclic) bond motifs is 1. The lowest BCUT2D eigenvalue weighted by Crippen LogP contribution is -2.37. The molecule has 0 saturated carbocycles. The maximum absolute atomic E-state index is 5.48. The molecule has 2 rings (SSSR count). The van der Waals surface area contributed by atoms with Gasteiger partial charge < -0.3 is 19.5 Å². The van der Waals surface area contributed by atoms with E-state index in [1.807, 2.05) is 6.07 Å². The van der Waals surface area contributed by atoms with Crippen molar-refractivity contribution in [1.29, 1.82) is 0 Å². The Morgan fingerprint density at radius 1 is 1.29 bits per heavy atom. The van der Waals surface area contributed by atoms with Gasteiger partial charge in [0.15, 0.2) is 11.5 Å². The largest absolute Gasteiger partial charge is 0.454 e. The van der Waals surface area contributed by atoms with Crippen molar-refractivity contribution in [3.8, 4) is 11.5 Å². The molecule has 1 unspecified atom stereocenters. The number of rotatable bonds is 9. The van der Waals surface area contributed by atoms with Crippen LogP contribution < -0.4 is 14.8 Å². The van der Waals surface area contributed by atoms with Crippen LogP contribution in [0, 0.1) is 0 Å². The molecule has 0 radical (unpaired) electrons. The molecule has 5 heteroatoms. The van der Waals surface area contributed by atoms with E-state index in [1.165, 1.54) is 5.56 Å². The molecule has 0 spiro atoms. The molecule has 0 bridgehead atoms. The van der Waals surface area contributed by atoms with Crippen molar-refractivity contribution >= 4 is 0 Å². The Bertz CT molecular complexity index is 440. The molecule has 0 fully saturated rings. The third kappa shape index (κ3) is 4.33. The summed E-state index contributed by atoms with van der Waals surface area (Å²) in [4.78, 5) is 2.39. The number of ether oxygens (including phenoxy) is 3. The molecule has 1 aliphatic heterocycles. The van der Waals surface area contributed by atoms with E-state index in [0.29, 0.717) is 6.79 Å². The molecule has 1 aliphatic rings. The van der Waals surface area contributed by atoms with Gasteiger partial charge in [-0.2, -0.15) is 0 Å². The minimum atomic E-state index is 0.279. The molecule has 21 heavy (non-hydrogen) atoms. The predicted octanol–water partition coefficient (Wildman–Crippen LogP) is 2.03. The van der Waals surface area contributed by atoms with Gasteiger partial charge in [-0.25, -0.2) is 0 Å². The Balaban J connectivity index is 2.06. The average molecular weight is 294 g/mol. The molecule has 1 heterocycles. The van der Waals surface area contributed by atoms with Crippen molar-refractivity contribution in [3.05, 3.63) is 23.8 Å². The fourth-order valence-corrected chi connectivity index (χ4v) is 2.52. The third-order valence-electron chi connectivity index (χ3n) is 3.75. The van der Waals surface area contributed by atoms with Crippen LogP contribution in [0.5, 0.6) is 11.5 Å². The molecule has 118 valence electrons. The summed E-state index contributed by atoms with van der Waals surface area (Å²) in [5.41, 5.74) is 1.23. The van der Waals surface area contributed by atoms with Crippen LogP contribution in [0.4, 0.5) is 0 Å². The summed E-state index contributed by atoms with van der Waals surface area (Å²) >= 11 is 0. The molecule has 1 N–H and O–H groups in total. The van der Waals surface area contributed by atoms with Crippen molar-refractivity contribution in [1.82, 2.24) is 10.2 Å². The van der Waals surface area contributed by atoms with Gasteiger partial charge in [0.05, 0.1) is 6.61 Å². The van der Waals surface area contributed by atoms with Gasteiger partial charge in [-0.05, 0) is 30.8 Å². The Morgan fingerprint density at radius 3 is 2.81 bits per heavy atom. The van der Waals surface area contributed by atoms with Gasteiger partial charge in [-0.3, -0.25) is 4.90 Å². The molecule has 0 aromatic heterocycles. The van der Waals surface area contributed by atoms with E-state index in [9.17, 15) is 0 Å². The number of hydrogen-bond acceptors (Lipinski definition) is 5. The molecule has 0 saturated heterocycles. The van der Waals surface area contributed by atoms with E-state index < -0.39 is 0 Å². The normalized spacial score (nSPS) is 14.7. The van der Waals surface area contributed by atoms with Gasteiger partial charge in [0.1, 0.15) is 0 Å². The SMILES string of the molecule is CCNC(CN(CC)CCOC)c1ccc2c(c1)OCO2. The smallest absolute Gasteiger partial charge is 0.231 e. The molecule has 5 nitrogen and oxygen atoms in total. The van der Waals surface area contributed by atoms with Crippen molar-refractivity contribution in [2.45, 2.75) is 19.9 Å². The van der Waals surface area contributed by atoms with Gasteiger partial charge in [-0.1, -0.05) is 19.9 Å². The summed E-state index contributed by atoms with van der Waals surface area (Å²) in [5, 5.41) is 3.55. The number of nitrogens with zero attached hydrogens (tertiary/aromatic N) is 1. The van der Waals surface area contributed by atoms with Crippen molar-refractivity contribution in [3.63, 3.8) is 0 Å². The molecule has 1 atom stereocenters. The second-order valence-electron chi connectivity index (χ2n) is 5.11. The highest BCUT2D eigenvalue weighted by Crippen LogP contribution is 2.34. The molecular weight excluding hydrogens is 268 g/mol. The first-order valence-corrected chi connectivity index (χ1v) is 7.62. The van der Waals surface area contributed by atoms with Crippen molar-refractivity contribution in [2.24, 2.45) is 0 Å². The highest BCUT2D eigenvalue weighted by molar-refractivity contribution is 5.45. The summed E-state index contributed by atoms with van der Waals surface area (Å²) in [7, 11) is 1.74. The minimum Gasteiger partial charge on any atom is -0.454 e. The number of methoxy groups -OCH3 is 1. The standard InChI is InChI=1S/C16H26N2O3/c1-4-17-14(11-18(5-2)8-9-19-3)13-6-7-15-16(10-13)21-12-20-15/h6-7,10,14,17H,4-5,8-9,11-12H2,1-3H3. The molecular formula is C16H26N2O3. The summed E-state index contributed by atoms with van der Waals surface area (Å²) in [6.07, 6.45) is 0. The van der Waals surface area contributed by atoms with Crippen LogP contribution in [0.25, 0.3) is 0 Å². The Hall–Kier alpha value is -1.30. The van der Waals surface area contributed by atoms with Gasteiger partial charge >= 0.3 is 0 Å². The lowest BCUT2D eigenvalue weighted by Gasteiger charge is -2.27. The van der Waals surface area contributed by atoms with E-state index in [2.05, 4.69) is 36.2 Å². The second kappa shape index (κ2) is 8.22. The third-order valence-corrected chi connectivity index (χ3v) is 3.75. The lowest BCUT2D eigenvalue weighted by molar-refractivity contribution is 0.144. The topological polar surface area (TPSA) is 43.0 Å². The van der Waals surface area contributed by atoms with Gasteiger partial charge in [0.25, 0.3) is 0 Å². The monoisotopic (exact) mass is 294 g/mol. The van der Waals surface area contributed by atoms with Gasteiger partial charge in [-0.15, -0.1) is 0 Å². The lowest BCUT2D eigenvalue weighted by atomic mass is 10.1. The number of hydrogen-bond donors (Lipinski definition) is 1. The van der Waals surface area contributed by atoms with Gasteiger partial charge in [0, 0.05) is 26.2 Å². The summed E-state index contributed by atoms with van der Waals surface area (Å²) < 4.78 is 16.0. The zero-order valence-corrected chi connectivity index (χ0v) is 13.2. The summed E-state index contributed by atoms with van der Waals surface area (Å²) in [5.74, 6) is 1.68. The number of benzene rings is 1. The van der Waals surface area contributed by atoms with E-state index in [-0.39, 0.29) is 6.04 Å². The van der Waals surface area contributed by atoms with Crippen molar-refractivity contribution < 1.29 is 14.2 Å². The molecule has 1 aromatic carbocycles. The Kier molecular flexibility index (Phi) is 6.29. The fraction of sp³-hybridized carbons (Fsp3) is 0.625. The maximum Gasteiger partial charge on any atom is 0.231 e. The van der Waals surface area contributed by atoms with Crippen LogP contribution >= 0.6 is 0 Å². The average Bonchev–Trinajstić information content (AvgIpc) is 2.97. The zero-order valence-electron chi connectivity index (χ0n) is 13.2. The molecule has 1 aromatic rings. The van der Waals surface area contributed by atoms with E-state index in [0.717, 1.165) is 44.3 Å². The highest BCUT2D eigenvalue weighted by atomic mass is 16.7. The van der Waals surface area contributed by atoms with Crippen LogP contribution in [0.3, 0.4) is 0 Å². The van der Waals surface area contributed by atoms with Crippen LogP contribution in [-0.2, 0) is 4.74 Å². The quantitative estimate of drug-likeness (QED) is 0.755. The Morgan fingerprint density at radius 2 is 2.10 bits per heavy atom. The number of likely N-dealkylation sites (N-methyl/N-ethyl adjacent to an activating group) is 2. The summed E-state index contributed by atoms with van der Waals surface area (Å²) in [6, 6.07) is 6.47. The van der Waals surface area contributed by atoms with Gasteiger partial charge in [0.2, 0.25) is 6.79 Å². The first-order valence-electron chi connectivity index (χ1n) is 7.62. The highest BCUT2D eigenvalue weighted by Gasteiger charge is 2.19. The van der Waals surface area contributed by atoms with Crippen LogP contribution in [-0.4, -0.2) is 51.6 Å². The van der Waals surface area contributed by atoms with Crippen LogP contribution in [0.1, 0.15) is 25.5 Å². The van der Waals surface area contributed by atoms with Crippen LogP contribution in [0.15, 0.2) is 18.2 Å². The fourth-order valence-electron chi connectivity index (χ4n) is 2.52. The predicted molar refractivity (Wildman–Crippen MR) is 83.0 cm³/mol. The first-order chi connectivity index (χ1) is 10.3. The van der Waals surface area contributed by atoms with E-state index in [4.69, 9.17) is 14.2 Å². The number of nitrogens with one attached hydrogen (secondary N) is 1.